The lowest BCUT2D eigenvalue weighted by atomic mass is 10.3. The molecule has 1 aromatic heterocycles. The van der Waals surface area contributed by atoms with Gasteiger partial charge in [-0.25, -0.2) is 0 Å². The summed E-state index contributed by atoms with van der Waals surface area (Å²) in [5.74, 6) is 2.14. The molecule has 0 atom stereocenters. The lowest BCUT2D eigenvalue weighted by Gasteiger charge is -2.10. The van der Waals surface area contributed by atoms with Crippen LogP contribution in [-0.4, -0.2) is 33.5 Å². The van der Waals surface area contributed by atoms with E-state index in [4.69, 9.17) is 9.47 Å². The molecule has 2 aromatic carbocycles. The predicted molar refractivity (Wildman–Crippen MR) is 129 cm³/mol. The van der Waals surface area contributed by atoms with E-state index in [0.29, 0.717) is 29.0 Å². The number of nitrogens with zero attached hydrogens (tertiary/aromatic N) is 3. The van der Waals surface area contributed by atoms with Crippen molar-refractivity contribution in [3.8, 4) is 11.5 Å². The largest absolute Gasteiger partial charge is 0.497 e. The first kappa shape index (κ1) is 23.4. The van der Waals surface area contributed by atoms with Gasteiger partial charge in [-0.15, -0.1) is 16.8 Å². The fourth-order valence-electron chi connectivity index (χ4n) is 2.57. The van der Waals surface area contributed by atoms with Crippen LogP contribution in [0.15, 0.2) is 69.2 Å². The van der Waals surface area contributed by atoms with E-state index in [1.807, 2.05) is 47.0 Å². The number of hydrogen-bond donors (Lipinski definition) is 1. The molecule has 1 heterocycles. The van der Waals surface area contributed by atoms with E-state index < -0.39 is 0 Å². The van der Waals surface area contributed by atoms with E-state index in [-0.39, 0.29) is 18.3 Å². The monoisotopic (exact) mass is 566 g/mol. The summed E-state index contributed by atoms with van der Waals surface area (Å²) in [6.45, 7) is 4.55. The van der Waals surface area contributed by atoms with E-state index in [2.05, 4.69) is 54.0 Å². The molecule has 0 saturated heterocycles. The van der Waals surface area contributed by atoms with Gasteiger partial charge in [-0.1, -0.05) is 33.8 Å². The number of rotatable bonds is 10. The normalized spacial score (nSPS) is 10.5. The second-order valence-electron chi connectivity index (χ2n) is 6.22. The smallest absolute Gasteiger partial charge is 0.234 e. The van der Waals surface area contributed by atoms with Gasteiger partial charge in [0.15, 0.2) is 11.0 Å². The summed E-state index contributed by atoms with van der Waals surface area (Å²) in [4.78, 5) is 12.4. The summed E-state index contributed by atoms with van der Waals surface area (Å²) in [7, 11) is 1.62. The number of halogens is 2. The van der Waals surface area contributed by atoms with Crippen molar-refractivity contribution in [2.75, 3.05) is 18.2 Å². The standard InChI is InChI=1S/C21H20Br2N4O3S/c1-3-10-27-19(12-30-16-7-5-15(29-2)6-8-16)25-26-21(27)31-13-20(28)24-18-11-14(22)4-9-17(18)23/h3-9,11H,1,10,12-13H2,2H3,(H,24,28). The summed E-state index contributed by atoms with van der Waals surface area (Å²) in [6.07, 6.45) is 1.75. The molecule has 31 heavy (non-hydrogen) atoms. The number of benzene rings is 2. The van der Waals surface area contributed by atoms with Crippen LogP contribution in [0.25, 0.3) is 0 Å². The highest BCUT2D eigenvalue weighted by Gasteiger charge is 2.15. The Hall–Kier alpha value is -2.30. The van der Waals surface area contributed by atoms with Gasteiger partial charge in [0, 0.05) is 15.5 Å². The quantitative estimate of drug-likeness (QED) is 0.264. The van der Waals surface area contributed by atoms with Gasteiger partial charge >= 0.3 is 0 Å². The summed E-state index contributed by atoms with van der Waals surface area (Å²) < 4.78 is 14.5. The van der Waals surface area contributed by atoms with Gasteiger partial charge in [0.2, 0.25) is 5.91 Å². The predicted octanol–water partition coefficient (Wildman–Crippen LogP) is 5.31. The van der Waals surface area contributed by atoms with Crippen molar-refractivity contribution in [1.29, 1.82) is 0 Å². The molecule has 0 aliphatic carbocycles. The molecule has 0 radical (unpaired) electrons. The van der Waals surface area contributed by atoms with E-state index in [0.717, 1.165) is 14.7 Å². The third kappa shape index (κ3) is 6.59. The number of aromatic nitrogens is 3. The van der Waals surface area contributed by atoms with Crippen LogP contribution in [0.2, 0.25) is 0 Å². The summed E-state index contributed by atoms with van der Waals surface area (Å²) in [5.41, 5.74) is 0.695. The number of ether oxygens (including phenoxy) is 2. The molecule has 0 fully saturated rings. The van der Waals surface area contributed by atoms with E-state index in [1.54, 1.807) is 13.2 Å². The summed E-state index contributed by atoms with van der Waals surface area (Å²) in [5, 5.41) is 11.9. The second-order valence-corrected chi connectivity index (χ2v) is 8.94. The Labute approximate surface area is 201 Å². The first-order valence-corrected chi connectivity index (χ1v) is 11.7. The first-order chi connectivity index (χ1) is 15.0. The van der Waals surface area contributed by atoms with E-state index in [1.165, 1.54) is 11.8 Å². The Morgan fingerprint density at radius 1 is 1.19 bits per heavy atom. The van der Waals surface area contributed by atoms with Gasteiger partial charge < -0.3 is 14.8 Å². The van der Waals surface area contributed by atoms with Crippen molar-refractivity contribution < 1.29 is 14.3 Å². The van der Waals surface area contributed by atoms with Gasteiger partial charge in [-0.2, -0.15) is 0 Å². The van der Waals surface area contributed by atoms with Gasteiger partial charge in [0.25, 0.3) is 0 Å². The molecule has 0 saturated carbocycles. The number of allylic oxidation sites excluding steroid dienone is 1. The van der Waals surface area contributed by atoms with E-state index >= 15 is 0 Å². The van der Waals surface area contributed by atoms with Crippen LogP contribution in [-0.2, 0) is 17.9 Å². The maximum Gasteiger partial charge on any atom is 0.234 e. The molecule has 0 unspecified atom stereocenters. The number of nitrogens with one attached hydrogen (secondary N) is 1. The Kier molecular flexibility index (Phi) is 8.56. The highest BCUT2D eigenvalue weighted by atomic mass is 79.9. The molecule has 0 aliphatic rings. The molecule has 1 N–H and O–H groups in total. The number of carbonyl (C=O) groups excluding carboxylic acids is 1. The lowest BCUT2D eigenvalue weighted by Crippen LogP contribution is -2.15. The molecule has 3 aromatic rings. The van der Waals surface area contributed by atoms with Crippen LogP contribution in [0.4, 0.5) is 5.69 Å². The zero-order chi connectivity index (χ0) is 22.2. The molecule has 1 amide bonds. The average Bonchev–Trinajstić information content (AvgIpc) is 3.15. The Balaban J connectivity index is 1.61. The zero-order valence-electron chi connectivity index (χ0n) is 16.7. The fraction of sp³-hybridized carbons (Fsp3) is 0.190. The number of amides is 1. The number of carbonyl (C=O) groups is 1. The maximum atomic E-state index is 12.4. The Morgan fingerprint density at radius 3 is 2.65 bits per heavy atom. The number of methoxy groups -OCH3 is 1. The highest BCUT2D eigenvalue weighted by Crippen LogP contribution is 2.27. The minimum Gasteiger partial charge on any atom is -0.497 e. The average molecular weight is 568 g/mol. The maximum absolute atomic E-state index is 12.4. The molecular weight excluding hydrogens is 548 g/mol. The van der Waals surface area contributed by atoms with Crippen LogP contribution in [0.3, 0.4) is 0 Å². The van der Waals surface area contributed by atoms with Gasteiger partial charge in [-0.3, -0.25) is 9.36 Å². The van der Waals surface area contributed by atoms with Crippen molar-refractivity contribution in [2.45, 2.75) is 18.3 Å². The molecule has 0 spiro atoms. The zero-order valence-corrected chi connectivity index (χ0v) is 20.7. The van der Waals surface area contributed by atoms with Gasteiger partial charge in [-0.05, 0) is 58.4 Å². The fourth-order valence-corrected chi connectivity index (χ4v) is 4.05. The highest BCUT2D eigenvalue weighted by molar-refractivity contribution is 9.11. The summed E-state index contributed by atoms with van der Waals surface area (Å²) in [6, 6.07) is 12.9. The molecule has 10 heteroatoms. The number of anilines is 1. The molecule has 0 aliphatic heterocycles. The van der Waals surface area contributed by atoms with Crippen LogP contribution in [0.5, 0.6) is 11.5 Å². The van der Waals surface area contributed by atoms with Crippen LogP contribution in [0, 0.1) is 0 Å². The summed E-state index contributed by atoms with van der Waals surface area (Å²) >= 11 is 8.14. The van der Waals surface area contributed by atoms with Crippen molar-refractivity contribution in [3.63, 3.8) is 0 Å². The lowest BCUT2D eigenvalue weighted by molar-refractivity contribution is -0.113. The molecule has 3 rings (SSSR count). The van der Waals surface area contributed by atoms with Crippen molar-refractivity contribution >= 4 is 55.2 Å². The van der Waals surface area contributed by atoms with Gasteiger partial charge in [0.1, 0.15) is 18.1 Å². The van der Waals surface area contributed by atoms with E-state index in [9.17, 15) is 4.79 Å². The first-order valence-electron chi connectivity index (χ1n) is 9.17. The van der Waals surface area contributed by atoms with Crippen LogP contribution in [0.1, 0.15) is 5.82 Å². The molecular formula is C21H20Br2N4O3S. The second kappa shape index (κ2) is 11.4. The van der Waals surface area contributed by atoms with Crippen molar-refractivity contribution in [1.82, 2.24) is 14.8 Å². The number of hydrogen-bond acceptors (Lipinski definition) is 6. The third-order valence-corrected chi connectivity index (χ3v) is 6.22. The van der Waals surface area contributed by atoms with Crippen molar-refractivity contribution in [2.24, 2.45) is 0 Å². The minimum absolute atomic E-state index is 0.145. The van der Waals surface area contributed by atoms with Gasteiger partial charge in [0.05, 0.1) is 18.6 Å². The van der Waals surface area contributed by atoms with Crippen LogP contribution < -0.4 is 14.8 Å². The SMILES string of the molecule is C=CCn1c(COc2ccc(OC)cc2)nnc1SCC(=O)Nc1cc(Br)ccc1Br. The third-order valence-electron chi connectivity index (χ3n) is 4.07. The Morgan fingerprint density at radius 2 is 1.94 bits per heavy atom. The number of thioether (sulfide) groups is 1. The minimum atomic E-state index is -0.145. The van der Waals surface area contributed by atoms with Crippen LogP contribution >= 0.6 is 43.6 Å². The molecule has 162 valence electrons. The van der Waals surface area contributed by atoms with Crippen molar-refractivity contribution in [3.05, 3.63) is 69.9 Å². The topological polar surface area (TPSA) is 78.3 Å². The Bertz CT molecular complexity index is 1060. The molecule has 7 nitrogen and oxygen atoms in total. The molecule has 0 bridgehead atoms.